The number of rotatable bonds is 4. The molecule has 0 saturated heterocycles. The van der Waals surface area contributed by atoms with Crippen molar-refractivity contribution in [3.63, 3.8) is 0 Å². The zero-order valence-corrected chi connectivity index (χ0v) is 11.9. The minimum absolute atomic E-state index is 0.0572. The highest BCUT2D eigenvalue weighted by Gasteiger charge is 2.15. The van der Waals surface area contributed by atoms with Gasteiger partial charge in [-0.2, -0.15) is 0 Å². The van der Waals surface area contributed by atoms with Gasteiger partial charge in [0.2, 0.25) is 0 Å². The molecule has 2 rings (SSSR count). The molecule has 0 radical (unpaired) electrons. The summed E-state index contributed by atoms with van der Waals surface area (Å²) < 4.78 is 1.12. The van der Waals surface area contributed by atoms with Crippen molar-refractivity contribution in [3.8, 4) is 0 Å². The molecule has 2 heterocycles. The molecule has 0 fully saturated rings. The summed E-state index contributed by atoms with van der Waals surface area (Å²) in [5.41, 5.74) is 5.02. The van der Waals surface area contributed by atoms with Crippen LogP contribution in [0.5, 0.6) is 0 Å². The lowest BCUT2D eigenvalue weighted by molar-refractivity contribution is 0.539. The number of aromatic nitrogens is 1. The Kier molecular flexibility index (Phi) is 4.28. The van der Waals surface area contributed by atoms with Crippen molar-refractivity contribution in [2.75, 3.05) is 0 Å². The van der Waals surface area contributed by atoms with Crippen LogP contribution in [0.4, 0.5) is 0 Å². The van der Waals surface area contributed by atoms with Crippen LogP contribution < -0.4 is 11.3 Å². The van der Waals surface area contributed by atoms with Gasteiger partial charge in [0.05, 0.1) is 11.7 Å². The maximum absolute atomic E-state index is 5.63. The van der Waals surface area contributed by atoms with Gasteiger partial charge in [-0.3, -0.25) is 16.3 Å². The van der Waals surface area contributed by atoms with E-state index in [1.165, 1.54) is 4.88 Å². The maximum Gasteiger partial charge on any atom is 0.0682 e. The van der Waals surface area contributed by atoms with Gasteiger partial charge >= 0.3 is 0 Å². The Hall–Kier alpha value is -0.750. The molecule has 2 aromatic rings. The normalized spacial score (nSPS) is 12.6. The third-order valence-electron chi connectivity index (χ3n) is 2.61. The molecule has 90 valence electrons. The van der Waals surface area contributed by atoms with Gasteiger partial charge in [0.15, 0.2) is 0 Å². The molecule has 0 saturated carbocycles. The Balaban J connectivity index is 2.20. The average Bonchev–Trinajstić information content (AvgIpc) is 2.73. The van der Waals surface area contributed by atoms with Gasteiger partial charge in [0, 0.05) is 27.3 Å². The molecule has 0 aliphatic carbocycles. The number of nitrogens with two attached hydrogens (primary N) is 1. The fraction of sp³-hybridized carbons (Fsp3) is 0.250. The fourth-order valence-corrected chi connectivity index (χ4v) is 3.26. The molecule has 0 bridgehead atoms. The van der Waals surface area contributed by atoms with Gasteiger partial charge in [0.25, 0.3) is 0 Å². The lowest BCUT2D eigenvalue weighted by atomic mass is 10.1. The van der Waals surface area contributed by atoms with Crippen LogP contribution in [-0.4, -0.2) is 4.98 Å². The van der Waals surface area contributed by atoms with Crippen LogP contribution >= 0.6 is 27.3 Å². The molecule has 0 spiro atoms. The molecule has 5 heteroatoms. The summed E-state index contributed by atoms with van der Waals surface area (Å²) in [7, 11) is 0. The highest BCUT2D eigenvalue weighted by molar-refractivity contribution is 9.10. The number of hydrogen-bond acceptors (Lipinski definition) is 4. The van der Waals surface area contributed by atoms with Crippen molar-refractivity contribution in [1.82, 2.24) is 10.4 Å². The van der Waals surface area contributed by atoms with Crippen LogP contribution in [0.25, 0.3) is 0 Å². The highest BCUT2D eigenvalue weighted by Crippen LogP contribution is 2.25. The molecule has 0 amide bonds. The Morgan fingerprint density at radius 1 is 1.59 bits per heavy atom. The van der Waals surface area contributed by atoms with Crippen LogP contribution in [0.15, 0.2) is 34.2 Å². The zero-order valence-electron chi connectivity index (χ0n) is 9.48. The summed E-state index contributed by atoms with van der Waals surface area (Å²) in [4.78, 5) is 5.69. The van der Waals surface area contributed by atoms with E-state index in [9.17, 15) is 0 Å². The molecular weight excluding hydrogens is 298 g/mol. The van der Waals surface area contributed by atoms with Crippen LogP contribution in [0, 0.1) is 6.92 Å². The van der Waals surface area contributed by atoms with E-state index in [1.807, 2.05) is 6.07 Å². The largest absolute Gasteiger partial charge is 0.271 e. The van der Waals surface area contributed by atoms with Gasteiger partial charge in [-0.15, -0.1) is 11.3 Å². The van der Waals surface area contributed by atoms with Gasteiger partial charge in [-0.1, -0.05) is 6.07 Å². The molecule has 1 unspecified atom stereocenters. The second-order valence-corrected chi connectivity index (χ2v) is 5.77. The first-order chi connectivity index (χ1) is 8.20. The molecule has 0 aliphatic heterocycles. The SMILES string of the molecule is Cc1cccnc1C(Cc1cc(Br)cs1)NN. The van der Waals surface area contributed by atoms with E-state index in [0.29, 0.717) is 0 Å². The van der Waals surface area contributed by atoms with Crippen LogP contribution in [0.2, 0.25) is 0 Å². The van der Waals surface area contributed by atoms with Crippen molar-refractivity contribution >= 4 is 27.3 Å². The van der Waals surface area contributed by atoms with E-state index in [2.05, 4.69) is 50.8 Å². The average molecular weight is 312 g/mol. The zero-order chi connectivity index (χ0) is 12.3. The van der Waals surface area contributed by atoms with Gasteiger partial charge < -0.3 is 0 Å². The minimum Gasteiger partial charge on any atom is -0.271 e. The lowest BCUT2D eigenvalue weighted by Gasteiger charge is -2.16. The predicted octanol–water partition coefficient (Wildman–Crippen LogP) is 2.96. The number of nitrogens with zero attached hydrogens (tertiary/aromatic N) is 1. The molecule has 0 aromatic carbocycles. The predicted molar refractivity (Wildman–Crippen MR) is 74.8 cm³/mol. The summed E-state index contributed by atoms with van der Waals surface area (Å²) >= 11 is 5.18. The fourth-order valence-electron chi connectivity index (χ4n) is 1.76. The van der Waals surface area contributed by atoms with Crippen molar-refractivity contribution in [3.05, 3.63) is 50.4 Å². The maximum atomic E-state index is 5.63. The summed E-state index contributed by atoms with van der Waals surface area (Å²) in [6, 6.07) is 6.17. The number of nitrogens with one attached hydrogen (secondary N) is 1. The van der Waals surface area contributed by atoms with E-state index in [4.69, 9.17) is 5.84 Å². The number of pyridine rings is 1. The molecule has 3 nitrogen and oxygen atoms in total. The van der Waals surface area contributed by atoms with E-state index in [0.717, 1.165) is 22.2 Å². The van der Waals surface area contributed by atoms with Crippen LogP contribution in [0.1, 0.15) is 22.2 Å². The quantitative estimate of drug-likeness (QED) is 0.674. The Morgan fingerprint density at radius 3 is 3.00 bits per heavy atom. The Labute approximate surface area is 113 Å². The molecule has 1 atom stereocenters. The standard InChI is InChI=1S/C12H14BrN3S/c1-8-3-2-4-15-12(8)11(16-14)6-10-5-9(13)7-17-10/h2-5,7,11,16H,6,14H2,1H3. The highest BCUT2D eigenvalue weighted by atomic mass is 79.9. The minimum atomic E-state index is 0.0572. The molecule has 17 heavy (non-hydrogen) atoms. The van der Waals surface area contributed by atoms with Crippen LogP contribution in [-0.2, 0) is 6.42 Å². The van der Waals surface area contributed by atoms with E-state index >= 15 is 0 Å². The summed E-state index contributed by atoms with van der Waals surface area (Å²) in [6.07, 6.45) is 2.65. The first-order valence-electron chi connectivity index (χ1n) is 5.31. The first kappa shape index (κ1) is 12.7. The first-order valence-corrected chi connectivity index (χ1v) is 6.98. The van der Waals surface area contributed by atoms with Crippen molar-refractivity contribution in [1.29, 1.82) is 0 Å². The van der Waals surface area contributed by atoms with E-state index in [-0.39, 0.29) is 6.04 Å². The van der Waals surface area contributed by atoms with E-state index in [1.54, 1.807) is 17.5 Å². The molecule has 2 aromatic heterocycles. The van der Waals surface area contributed by atoms with Crippen molar-refractivity contribution < 1.29 is 0 Å². The van der Waals surface area contributed by atoms with Crippen LogP contribution in [0.3, 0.4) is 0 Å². The third-order valence-corrected chi connectivity index (χ3v) is 4.33. The lowest BCUT2D eigenvalue weighted by Crippen LogP contribution is -2.30. The molecular formula is C12H14BrN3S. The monoisotopic (exact) mass is 311 g/mol. The van der Waals surface area contributed by atoms with Crippen molar-refractivity contribution in [2.24, 2.45) is 5.84 Å². The molecule has 3 N–H and O–H groups in total. The van der Waals surface area contributed by atoms with Gasteiger partial charge in [-0.05, 0) is 40.5 Å². The number of aryl methyl sites for hydroxylation is 1. The summed E-state index contributed by atoms with van der Waals surface area (Å²) in [6.45, 7) is 2.05. The number of hydrazine groups is 1. The smallest absolute Gasteiger partial charge is 0.0682 e. The third kappa shape index (κ3) is 3.13. The van der Waals surface area contributed by atoms with E-state index < -0.39 is 0 Å². The topological polar surface area (TPSA) is 50.9 Å². The van der Waals surface area contributed by atoms with Gasteiger partial charge in [-0.25, -0.2) is 0 Å². The van der Waals surface area contributed by atoms with Gasteiger partial charge in [0.1, 0.15) is 0 Å². The molecule has 0 aliphatic rings. The Morgan fingerprint density at radius 2 is 2.41 bits per heavy atom. The summed E-state index contributed by atoms with van der Waals surface area (Å²) in [5, 5.41) is 2.08. The second kappa shape index (κ2) is 5.73. The summed E-state index contributed by atoms with van der Waals surface area (Å²) in [5.74, 6) is 5.63. The number of thiophene rings is 1. The number of hydrogen-bond donors (Lipinski definition) is 2. The number of halogens is 1. The van der Waals surface area contributed by atoms with Crippen molar-refractivity contribution in [2.45, 2.75) is 19.4 Å². The Bertz CT molecular complexity index is 498. The second-order valence-electron chi connectivity index (χ2n) is 3.86.